The standard InChI is InChI=1S/C21H25ClN4O4/c1-30-18-6-4-17(5-7-18)25-13-11-24(12-14-25)10-2-9-23-21(27)19-15-16(22)3-8-20(19)26(28)29/h3-8,15H,2,9-14H2,1H3,(H,23,27). The van der Waals surface area contributed by atoms with Gasteiger partial charge in [0.05, 0.1) is 12.0 Å². The van der Waals surface area contributed by atoms with Crippen molar-refractivity contribution in [2.45, 2.75) is 6.42 Å². The highest BCUT2D eigenvalue weighted by molar-refractivity contribution is 6.31. The van der Waals surface area contributed by atoms with E-state index in [1.807, 2.05) is 12.1 Å². The molecule has 0 atom stereocenters. The Kier molecular flexibility index (Phi) is 7.48. The minimum Gasteiger partial charge on any atom is -0.497 e. The normalized spacial score (nSPS) is 14.4. The number of hydrogen-bond donors (Lipinski definition) is 1. The molecule has 160 valence electrons. The summed E-state index contributed by atoms with van der Waals surface area (Å²) < 4.78 is 5.20. The second kappa shape index (κ2) is 10.3. The van der Waals surface area contributed by atoms with Gasteiger partial charge in [0.15, 0.2) is 0 Å². The zero-order chi connectivity index (χ0) is 21.5. The molecule has 1 aliphatic heterocycles. The summed E-state index contributed by atoms with van der Waals surface area (Å²) in [6, 6.07) is 12.1. The average Bonchev–Trinajstić information content (AvgIpc) is 2.77. The van der Waals surface area contributed by atoms with Crippen molar-refractivity contribution in [3.05, 3.63) is 63.2 Å². The maximum atomic E-state index is 12.3. The summed E-state index contributed by atoms with van der Waals surface area (Å²) in [7, 11) is 1.66. The number of ether oxygens (including phenoxy) is 1. The Morgan fingerprint density at radius 2 is 1.87 bits per heavy atom. The Balaban J connectivity index is 1.41. The zero-order valence-electron chi connectivity index (χ0n) is 16.8. The van der Waals surface area contributed by atoms with Gasteiger partial charge in [0.1, 0.15) is 11.3 Å². The lowest BCUT2D eigenvalue weighted by Crippen LogP contribution is -2.47. The molecule has 2 aromatic rings. The molecule has 8 nitrogen and oxygen atoms in total. The van der Waals surface area contributed by atoms with E-state index in [1.165, 1.54) is 23.9 Å². The molecule has 9 heteroatoms. The molecule has 1 fully saturated rings. The molecule has 1 amide bonds. The summed E-state index contributed by atoms with van der Waals surface area (Å²) in [6.45, 7) is 5.07. The van der Waals surface area contributed by atoms with Gasteiger partial charge in [-0.15, -0.1) is 0 Å². The third-order valence-corrected chi connectivity index (χ3v) is 5.38. The minimum absolute atomic E-state index is 0.0133. The van der Waals surface area contributed by atoms with Gasteiger partial charge < -0.3 is 15.0 Å². The fourth-order valence-electron chi connectivity index (χ4n) is 3.47. The van der Waals surface area contributed by atoms with E-state index >= 15 is 0 Å². The summed E-state index contributed by atoms with van der Waals surface area (Å²) in [6.07, 6.45) is 0.767. The van der Waals surface area contributed by atoms with E-state index in [0.29, 0.717) is 11.6 Å². The van der Waals surface area contributed by atoms with E-state index < -0.39 is 10.8 Å². The number of carbonyl (C=O) groups is 1. The number of halogens is 1. The highest BCUT2D eigenvalue weighted by Crippen LogP contribution is 2.23. The molecule has 1 aliphatic rings. The van der Waals surface area contributed by atoms with Crippen LogP contribution in [0.25, 0.3) is 0 Å². The highest BCUT2D eigenvalue weighted by Gasteiger charge is 2.21. The summed E-state index contributed by atoms with van der Waals surface area (Å²) in [5, 5.41) is 14.1. The van der Waals surface area contributed by atoms with Gasteiger partial charge in [-0.1, -0.05) is 11.6 Å². The van der Waals surface area contributed by atoms with E-state index in [9.17, 15) is 14.9 Å². The second-order valence-corrected chi connectivity index (χ2v) is 7.49. The van der Waals surface area contributed by atoms with Gasteiger partial charge in [-0.05, 0) is 49.4 Å². The third kappa shape index (κ3) is 5.61. The summed E-state index contributed by atoms with van der Waals surface area (Å²) >= 11 is 5.88. The lowest BCUT2D eigenvalue weighted by molar-refractivity contribution is -0.385. The predicted molar refractivity (Wildman–Crippen MR) is 117 cm³/mol. The molecular weight excluding hydrogens is 408 g/mol. The van der Waals surface area contributed by atoms with Crippen molar-refractivity contribution in [1.29, 1.82) is 0 Å². The average molecular weight is 433 g/mol. The monoisotopic (exact) mass is 432 g/mol. The Morgan fingerprint density at radius 3 is 2.50 bits per heavy atom. The number of benzene rings is 2. The topological polar surface area (TPSA) is 88.0 Å². The molecule has 2 aromatic carbocycles. The number of hydrogen-bond acceptors (Lipinski definition) is 6. The number of nitro groups is 1. The number of rotatable bonds is 8. The lowest BCUT2D eigenvalue weighted by atomic mass is 10.1. The second-order valence-electron chi connectivity index (χ2n) is 7.05. The van der Waals surface area contributed by atoms with E-state index in [1.54, 1.807) is 7.11 Å². The van der Waals surface area contributed by atoms with Crippen molar-refractivity contribution in [3.63, 3.8) is 0 Å². The van der Waals surface area contributed by atoms with Crippen LogP contribution in [0.2, 0.25) is 5.02 Å². The highest BCUT2D eigenvalue weighted by atomic mass is 35.5. The van der Waals surface area contributed by atoms with Crippen molar-refractivity contribution in [1.82, 2.24) is 10.2 Å². The van der Waals surface area contributed by atoms with Crippen LogP contribution in [0.5, 0.6) is 5.75 Å². The molecule has 0 aliphatic carbocycles. The van der Waals surface area contributed by atoms with Gasteiger partial charge in [0, 0.05) is 49.5 Å². The third-order valence-electron chi connectivity index (χ3n) is 5.15. The van der Waals surface area contributed by atoms with Gasteiger partial charge >= 0.3 is 0 Å². The molecule has 0 saturated carbocycles. The largest absolute Gasteiger partial charge is 0.497 e. The van der Waals surface area contributed by atoms with Crippen LogP contribution in [0.1, 0.15) is 16.8 Å². The van der Waals surface area contributed by atoms with Crippen LogP contribution >= 0.6 is 11.6 Å². The molecule has 0 radical (unpaired) electrons. The number of nitrogens with zero attached hydrogens (tertiary/aromatic N) is 3. The van der Waals surface area contributed by atoms with E-state index in [-0.39, 0.29) is 11.3 Å². The fourth-order valence-corrected chi connectivity index (χ4v) is 3.64. The van der Waals surface area contributed by atoms with Crippen LogP contribution in [-0.4, -0.2) is 62.1 Å². The number of anilines is 1. The molecule has 1 heterocycles. The van der Waals surface area contributed by atoms with Crippen molar-refractivity contribution < 1.29 is 14.5 Å². The number of nitro benzene ring substituents is 1. The Labute approximate surface area is 180 Å². The molecule has 30 heavy (non-hydrogen) atoms. The van der Waals surface area contributed by atoms with Gasteiger partial charge in [0.2, 0.25) is 0 Å². The van der Waals surface area contributed by atoms with E-state index in [0.717, 1.165) is 44.9 Å². The van der Waals surface area contributed by atoms with Crippen LogP contribution in [0.15, 0.2) is 42.5 Å². The SMILES string of the molecule is COc1ccc(N2CCN(CCCNC(=O)c3cc(Cl)ccc3[N+](=O)[O-])CC2)cc1. The fraction of sp³-hybridized carbons (Fsp3) is 0.381. The first-order valence-corrected chi connectivity index (χ1v) is 10.2. The van der Waals surface area contributed by atoms with Crippen LogP contribution in [-0.2, 0) is 0 Å². The lowest BCUT2D eigenvalue weighted by Gasteiger charge is -2.36. The molecule has 0 bridgehead atoms. The van der Waals surface area contributed by atoms with Crippen molar-refractivity contribution in [3.8, 4) is 5.75 Å². The summed E-state index contributed by atoms with van der Waals surface area (Å²) in [5.74, 6) is 0.371. The maximum absolute atomic E-state index is 12.3. The van der Waals surface area contributed by atoms with Gasteiger partial charge in [-0.3, -0.25) is 19.8 Å². The number of nitrogens with one attached hydrogen (secondary N) is 1. The van der Waals surface area contributed by atoms with E-state index in [4.69, 9.17) is 16.3 Å². The van der Waals surface area contributed by atoms with Crippen molar-refractivity contribution in [2.24, 2.45) is 0 Å². The van der Waals surface area contributed by atoms with Gasteiger partial charge in [-0.2, -0.15) is 0 Å². The molecule has 1 N–H and O–H groups in total. The van der Waals surface area contributed by atoms with Crippen molar-refractivity contribution >= 4 is 28.9 Å². The number of carbonyl (C=O) groups excluding carboxylic acids is 1. The van der Waals surface area contributed by atoms with E-state index in [2.05, 4.69) is 27.2 Å². The molecule has 1 saturated heterocycles. The molecular formula is C21H25ClN4O4. The number of amides is 1. The van der Waals surface area contributed by atoms with Crippen LogP contribution in [0.3, 0.4) is 0 Å². The van der Waals surface area contributed by atoms with Gasteiger partial charge in [0.25, 0.3) is 11.6 Å². The molecule has 0 spiro atoms. The molecule has 0 unspecified atom stereocenters. The van der Waals surface area contributed by atoms with Crippen LogP contribution < -0.4 is 15.0 Å². The van der Waals surface area contributed by atoms with Crippen LogP contribution in [0, 0.1) is 10.1 Å². The van der Waals surface area contributed by atoms with Crippen molar-refractivity contribution in [2.75, 3.05) is 51.3 Å². The minimum atomic E-state index is -0.576. The smallest absolute Gasteiger partial charge is 0.282 e. The zero-order valence-corrected chi connectivity index (χ0v) is 17.6. The summed E-state index contributed by atoms with van der Waals surface area (Å²) in [4.78, 5) is 27.5. The Morgan fingerprint density at radius 1 is 1.17 bits per heavy atom. The predicted octanol–water partition coefficient (Wildman–Crippen LogP) is 3.20. The first-order valence-electron chi connectivity index (χ1n) is 9.81. The Bertz CT molecular complexity index is 883. The number of methoxy groups -OCH3 is 1. The quantitative estimate of drug-likeness (QED) is 0.391. The number of piperazine rings is 1. The molecule has 0 aromatic heterocycles. The van der Waals surface area contributed by atoms with Gasteiger partial charge in [-0.25, -0.2) is 0 Å². The molecule has 3 rings (SSSR count). The summed E-state index contributed by atoms with van der Waals surface area (Å²) in [5.41, 5.74) is 0.929. The maximum Gasteiger partial charge on any atom is 0.282 e. The first kappa shape index (κ1) is 21.9. The first-order chi connectivity index (χ1) is 14.5. The van der Waals surface area contributed by atoms with Crippen LogP contribution in [0.4, 0.5) is 11.4 Å². The Hall–Kier alpha value is -2.84.